The smallest absolute Gasteiger partial charge is 0.245 e. The van der Waals surface area contributed by atoms with E-state index in [0.717, 1.165) is 5.69 Å². The van der Waals surface area contributed by atoms with Gasteiger partial charge in [0, 0.05) is 13.1 Å². The summed E-state index contributed by atoms with van der Waals surface area (Å²) in [5.74, 6) is 0.707. The van der Waals surface area contributed by atoms with Crippen LogP contribution in [0, 0.1) is 6.92 Å². The van der Waals surface area contributed by atoms with E-state index in [1.54, 1.807) is 22.3 Å². The minimum Gasteiger partial charge on any atom is -0.364 e. The van der Waals surface area contributed by atoms with Crippen LogP contribution in [0.15, 0.2) is 27.6 Å². The van der Waals surface area contributed by atoms with Crippen LogP contribution in [0.4, 0.5) is 5.95 Å². The van der Waals surface area contributed by atoms with Gasteiger partial charge in [0.1, 0.15) is 12.0 Å². The molecule has 0 spiro atoms. The van der Waals surface area contributed by atoms with Gasteiger partial charge in [-0.15, -0.1) is 0 Å². The van der Waals surface area contributed by atoms with Gasteiger partial charge >= 0.3 is 0 Å². The lowest BCUT2D eigenvalue weighted by Crippen LogP contribution is -2.22. The van der Waals surface area contributed by atoms with Crippen LogP contribution < -0.4 is 4.90 Å². The molecule has 0 fully saturated rings. The third-order valence-corrected chi connectivity index (χ3v) is 3.94. The van der Waals surface area contributed by atoms with Gasteiger partial charge in [0.05, 0.1) is 13.1 Å². The molecular weight excluding hydrogens is 276 g/mol. The van der Waals surface area contributed by atoms with Crippen LogP contribution in [0.2, 0.25) is 0 Å². The van der Waals surface area contributed by atoms with Crippen molar-refractivity contribution in [1.29, 1.82) is 0 Å². The van der Waals surface area contributed by atoms with Crippen molar-refractivity contribution in [3.63, 3.8) is 0 Å². The van der Waals surface area contributed by atoms with E-state index in [9.17, 15) is 0 Å². The zero-order chi connectivity index (χ0) is 13.9. The average molecular weight is 290 g/mol. The topological polar surface area (TPSA) is 72.9 Å². The fraction of sp³-hybridized carbons (Fsp3) is 0.333. The summed E-state index contributed by atoms with van der Waals surface area (Å²) in [6, 6.07) is 1.83. The standard InChI is InChI=1S/C12H14N6OS/c1-9-7-20-8-10(9)5-18-12(13-15-16-18)17(2)6-11-3-4-19-14-11/h3-4,7-8H,5-6H2,1-2H3. The zero-order valence-corrected chi connectivity index (χ0v) is 12.0. The number of aromatic nitrogens is 5. The Morgan fingerprint density at radius 1 is 1.40 bits per heavy atom. The number of anilines is 1. The summed E-state index contributed by atoms with van der Waals surface area (Å²) in [5, 5.41) is 20.0. The highest BCUT2D eigenvalue weighted by molar-refractivity contribution is 7.08. The lowest BCUT2D eigenvalue weighted by atomic mass is 10.2. The zero-order valence-electron chi connectivity index (χ0n) is 11.2. The predicted octanol–water partition coefficient (Wildman–Crippen LogP) is 1.72. The highest BCUT2D eigenvalue weighted by Gasteiger charge is 2.14. The van der Waals surface area contributed by atoms with Crippen LogP contribution in [-0.4, -0.2) is 32.4 Å². The minimum absolute atomic E-state index is 0.597. The Kier molecular flexibility index (Phi) is 3.46. The van der Waals surface area contributed by atoms with Crippen molar-refractivity contribution in [2.75, 3.05) is 11.9 Å². The molecule has 7 nitrogen and oxygen atoms in total. The molecule has 3 rings (SSSR count). The van der Waals surface area contributed by atoms with Crippen molar-refractivity contribution in [1.82, 2.24) is 25.4 Å². The predicted molar refractivity (Wildman–Crippen MR) is 74.6 cm³/mol. The molecule has 0 amide bonds. The largest absolute Gasteiger partial charge is 0.364 e. The van der Waals surface area contributed by atoms with Gasteiger partial charge in [-0.05, 0) is 39.2 Å². The second-order valence-electron chi connectivity index (χ2n) is 4.56. The molecule has 0 aromatic carbocycles. The van der Waals surface area contributed by atoms with Gasteiger partial charge in [-0.2, -0.15) is 11.3 Å². The van der Waals surface area contributed by atoms with Crippen LogP contribution >= 0.6 is 11.3 Å². The molecule has 0 aliphatic rings. The van der Waals surface area contributed by atoms with Crippen molar-refractivity contribution in [3.8, 4) is 0 Å². The molecule has 3 aromatic heterocycles. The van der Waals surface area contributed by atoms with Crippen molar-refractivity contribution in [3.05, 3.63) is 39.9 Å². The fourth-order valence-corrected chi connectivity index (χ4v) is 2.77. The first-order chi connectivity index (χ1) is 9.74. The summed E-state index contributed by atoms with van der Waals surface area (Å²) in [6.07, 6.45) is 1.56. The first-order valence-electron chi connectivity index (χ1n) is 6.12. The first-order valence-corrected chi connectivity index (χ1v) is 7.06. The maximum Gasteiger partial charge on any atom is 0.245 e. The molecule has 0 unspecified atom stereocenters. The maximum absolute atomic E-state index is 4.83. The Bertz CT molecular complexity index is 674. The van der Waals surface area contributed by atoms with Gasteiger partial charge in [0.2, 0.25) is 5.95 Å². The molecule has 0 aliphatic heterocycles. The third-order valence-electron chi connectivity index (χ3n) is 3.03. The number of hydrogen-bond donors (Lipinski definition) is 0. The molecule has 20 heavy (non-hydrogen) atoms. The Labute approximate surface area is 119 Å². The summed E-state index contributed by atoms with van der Waals surface area (Å²) in [7, 11) is 1.93. The number of rotatable bonds is 5. The molecule has 0 aliphatic carbocycles. The molecule has 104 valence electrons. The SMILES string of the molecule is Cc1cscc1Cn1nnnc1N(C)Cc1ccon1. The van der Waals surface area contributed by atoms with E-state index < -0.39 is 0 Å². The molecule has 0 N–H and O–H groups in total. The maximum atomic E-state index is 4.83. The molecule has 0 bridgehead atoms. The van der Waals surface area contributed by atoms with E-state index in [4.69, 9.17) is 4.52 Å². The number of aryl methyl sites for hydroxylation is 1. The van der Waals surface area contributed by atoms with Crippen molar-refractivity contribution in [2.45, 2.75) is 20.0 Å². The second-order valence-corrected chi connectivity index (χ2v) is 5.31. The normalized spacial score (nSPS) is 10.9. The van der Waals surface area contributed by atoms with Gasteiger partial charge in [-0.25, -0.2) is 4.68 Å². The highest BCUT2D eigenvalue weighted by Crippen LogP contribution is 2.17. The van der Waals surface area contributed by atoms with Crippen LogP contribution in [0.3, 0.4) is 0 Å². The molecule has 0 saturated heterocycles. The van der Waals surface area contributed by atoms with E-state index >= 15 is 0 Å². The van der Waals surface area contributed by atoms with Gasteiger partial charge in [-0.1, -0.05) is 10.3 Å². The molecule has 3 heterocycles. The number of thiophene rings is 1. The summed E-state index contributed by atoms with van der Waals surface area (Å²) in [5.41, 5.74) is 3.34. The van der Waals surface area contributed by atoms with Crippen molar-refractivity contribution in [2.24, 2.45) is 0 Å². The fourth-order valence-electron chi connectivity index (χ4n) is 1.92. The summed E-state index contributed by atoms with van der Waals surface area (Å²) in [6.45, 7) is 3.36. The van der Waals surface area contributed by atoms with E-state index in [0.29, 0.717) is 19.0 Å². The monoisotopic (exact) mass is 290 g/mol. The second kappa shape index (κ2) is 5.41. The number of nitrogens with zero attached hydrogens (tertiary/aromatic N) is 6. The lowest BCUT2D eigenvalue weighted by molar-refractivity contribution is 0.411. The number of hydrogen-bond acceptors (Lipinski definition) is 7. The van der Waals surface area contributed by atoms with E-state index in [2.05, 4.69) is 38.4 Å². The van der Waals surface area contributed by atoms with Gasteiger partial charge < -0.3 is 9.42 Å². The van der Waals surface area contributed by atoms with Crippen LogP contribution in [0.25, 0.3) is 0 Å². The van der Waals surface area contributed by atoms with Crippen molar-refractivity contribution >= 4 is 17.3 Å². The summed E-state index contributed by atoms with van der Waals surface area (Å²) >= 11 is 1.69. The third kappa shape index (κ3) is 2.55. The first kappa shape index (κ1) is 12.8. The Balaban J connectivity index is 1.77. The molecule has 3 aromatic rings. The quantitative estimate of drug-likeness (QED) is 0.712. The van der Waals surface area contributed by atoms with Gasteiger partial charge in [-0.3, -0.25) is 0 Å². The van der Waals surface area contributed by atoms with E-state index in [1.807, 2.05) is 18.0 Å². The Morgan fingerprint density at radius 2 is 2.30 bits per heavy atom. The van der Waals surface area contributed by atoms with Crippen LogP contribution in [0.5, 0.6) is 0 Å². The molecule has 0 radical (unpaired) electrons. The molecular formula is C12H14N6OS. The Hall–Kier alpha value is -2.22. The minimum atomic E-state index is 0.597. The van der Waals surface area contributed by atoms with Crippen LogP contribution in [-0.2, 0) is 13.1 Å². The van der Waals surface area contributed by atoms with E-state index in [-0.39, 0.29) is 0 Å². The van der Waals surface area contributed by atoms with E-state index in [1.165, 1.54) is 11.1 Å². The highest BCUT2D eigenvalue weighted by atomic mass is 32.1. The molecule has 8 heteroatoms. The van der Waals surface area contributed by atoms with Crippen LogP contribution in [0.1, 0.15) is 16.8 Å². The van der Waals surface area contributed by atoms with Crippen molar-refractivity contribution < 1.29 is 4.52 Å². The number of tetrazole rings is 1. The average Bonchev–Trinajstić information content (AvgIpc) is 3.13. The molecule has 0 atom stereocenters. The summed E-state index contributed by atoms with van der Waals surface area (Å²) < 4.78 is 6.62. The Morgan fingerprint density at radius 3 is 3.00 bits per heavy atom. The molecule has 0 saturated carbocycles. The lowest BCUT2D eigenvalue weighted by Gasteiger charge is -2.16. The van der Waals surface area contributed by atoms with Gasteiger partial charge in [0.15, 0.2) is 0 Å². The van der Waals surface area contributed by atoms with Gasteiger partial charge in [0.25, 0.3) is 0 Å². The summed E-state index contributed by atoms with van der Waals surface area (Å²) in [4.78, 5) is 1.94.